The molecule has 0 amide bonds. The van der Waals surface area contributed by atoms with Crippen molar-refractivity contribution in [2.75, 3.05) is 13.8 Å². The Bertz CT molecular complexity index is 473. The highest BCUT2D eigenvalue weighted by molar-refractivity contribution is 7.72. The molecule has 17 heavy (non-hydrogen) atoms. The molecule has 2 heteroatoms. The summed E-state index contributed by atoms with van der Waals surface area (Å²) in [5, 5.41) is 2.79. The second-order valence-corrected chi connectivity index (χ2v) is 6.24. The highest BCUT2D eigenvalue weighted by Gasteiger charge is 2.07. The molecule has 0 aliphatic heterocycles. The van der Waals surface area contributed by atoms with E-state index in [1.54, 1.807) is 7.11 Å². The molecule has 1 nitrogen and oxygen atoms in total. The summed E-state index contributed by atoms with van der Waals surface area (Å²) in [4.78, 5) is 0. The SMILES string of the molecule is COc1ccc(P(C)c2ccc(C)cc2)cc1. The molecule has 0 bridgehead atoms. The third-order valence-electron chi connectivity index (χ3n) is 2.88. The van der Waals surface area contributed by atoms with Crippen molar-refractivity contribution in [3.8, 4) is 5.75 Å². The molecule has 1 atom stereocenters. The van der Waals surface area contributed by atoms with Gasteiger partial charge in [0.2, 0.25) is 0 Å². The van der Waals surface area contributed by atoms with Crippen LogP contribution in [-0.4, -0.2) is 13.8 Å². The first kappa shape index (κ1) is 12.1. The van der Waals surface area contributed by atoms with Crippen molar-refractivity contribution in [3.05, 3.63) is 54.1 Å². The molecule has 0 fully saturated rings. The van der Waals surface area contributed by atoms with E-state index in [0.29, 0.717) is 0 Å². The van der Waals surface area contributed by atoms with E-state index in [1.807, 2.05) is 12.1 Å². The van der Waals surface area contributed by atoms with Gasteiger partial charge in [0.05, 0.1) is 7.11 Å². The van der Waals surface area contributed by atoms with Gasteiger partial charge in [-0.3, -0.25) is 0 Å². The van der Waals surface area contributed by atoms with Crippen LogP contribution in [0.1, 0.15) is 5.56 Å². The Morgan fingerprint density at radius 3 is 1.76 bits per heavy atom. The monoisotopic (exact) mass is 244 g/mol. The van der Waals surface area contributed by atoms with Gasteiger partial charge in [0.25, 0.3) is 0 Å². The minimum atomic E-state index is -0.256. The molecule has 2 aromatic carbocycles. The van der Waals surface area contributed by atoms with Gasteiger partial charge in [-0.1, -0.05) is 42.0 Å². The summed E-state index contributed by atoms with van der Waals surface area (Å²) >= 11 is 0. The molecule has 2 aromatic rings. The van der Waals surface area contributed by atoms with Gasteiger partial charge < -0.3 is 4.74 Å². The zero-order valence-electron chi connectivity index (χ0n) is 10.5. The van der Waals surface area contributed by atoms with Gasteiger partial charge in [0, 0.05) is 0 Å². The maximum atomic E-state index is 5.18. The summed E-state index contributed by atoms with van der Waals surface area (Å²) < 4.78 is 5.18. The fourth-order valence-electron chi connectivity index (χ4n) is 1.72. The molecule has 0 saturated heterocycles. The Kier molecular flexibility index (Phi) is 3.81. The number of hydrogen-bond acceptors (Lipinski definition) is 1. The average Bonchev–Trinajstić information content (AvgIpc) is 2.39. The van der Waals surface area contributed by atoms with Crippen LogP contribution in [0.3, 0.4) is 0 Å². The average molecular weight is 244 g/mol. The minimum Gasteiger partial charge on any atom is -0.497 e. The maximum absolute atomic E-state index is 5.18. The molecule has 0 saturated carbocycles. The number of hydrogen-bond donors (Lipinski definition) is 0. The van der Waals surface area contributed by atoms with Crippen molar-refractivity contribution in [3.63, 3.8) is 0 Å². The van der Waals surface area contributed by atoms with E-state index >= 15 is 0 Å². The smallest absolute Gasteiger partial charge is 0.118 e. The minimum absolute atomic E-state index is 0.256. The Morgan fingerprint density at radius 2 is 1.29 bits per heavy atom. The van der Waals surface area contributed by atoms with Crippen molar-refractivity contribution >= 4 is 18.5 Å². The molecule has 0 spiro atoms. The van der Waals surface area contributed by atoms with Crippen molar-refractivity contribution in [2.24, 2.45) is 0 Å². The fraction of sp³-hybridized carbons (Fsp3) is 0.200. The predicted molar refractivity (Wildman–Crippen MR) is 76.3 cm³/mol. The Balaban J connectivity index is 2.23. The van der Waals surface area contributed by atoms with Gasteiger partial charge in [-0.25, -0.2) is 0 Å². The third-order valence-corrected chi connectivity index (χ3v) is 5.03. The number of benzene rings is 2. The van der Waals surface area contributed by atoms with Crippen LogP contribution in [0.25, 0.3) is 0 Å². The first-order valence-electron chi connectivity index (χ1n) is 5.65. The number of ether oxygens (including phenoxy) is 1. The van der Waals surface area contributed by atoms with Crippen molar-refractivity contribution < 1.29 is 4.74 Å². The lowest BCUT2D eigenvalue weighted by atomic mass is 10.2. The lowest BCUT2D eigenvalue weighted by Gasteiger charge is -2.13. The zero-order chi connectivity index (χ0) is 12.3. The van der Waals surface area contributed by atoms with Gasteiger partial charge in [0.1, 0.15) is 5.75 Å². The van der Waals surface area contributed by atoms with Crippen LogP contribution in [0.5, 0.6) is 5.75 Å². The molecule has 0 aromatic heterocycles. The number of aryl methyl sites for hydroxylation is 1. The van der Waals surface area contributed by atoms with E-state index in [2.05, 4.69) is 50.0 Å². The van der Waals surface area contributed by atoms with Crippen LogP contribution in [0, 0.1) is 6.92 Å². The summed E-state index contributed by atoms with van der Waals surface area (Å²) in [6.07, 6.45) is 0. The molecule has 1 unspecified atom stereocenters. The molecule has 2 rings (SSSR count). The second-order valence-electron chi connectivity index (χ2n) is 4.09. The quantitative estimate of drug-likeness (QED) is 0.754. The summed E-state index contributed by atoms with van der Waals surface area (Å²) in [5.41, 5.74) is 1.31. The molecule has 0 N–H and O–H groups in total. The van der Waals surface area contributed by atoms with Crippen LogP contribution in [0.2, 0.25) is 0 Å². The van der Waals surface area contributed by atoms with Crippen molar-refractivity contribution in [1.29, 1.82) is 0 Å². The van der Waals surface area contributed by atoms with Gasteiger partial charge in [0.15, 0.2) is 0 Å². The lowest BCUT2D eigenvalue weighted by molar-refractivity contribution is 0.415. The van der Waals surface area contributed by atoms with Gasteiger partial charge in [-0.2, -0.15) is 0 Å². The normalized spacial score (nSPS) is 12.2. The second kappa shape index (κ2) is 5.33. The van der Waals surface area contributed by atoms with E-state index in [-0.39, 0.29) is 7.92 Å². The van der Waals surface area contributed by atoms with Crippen LogP contribution >= 0.6 is 7.92 Å². The largest absolute Gasteiger partial charge is 0.497 e. The third kappa shape index (κ3) is 2.87. The first-order valence-corrected chi connectivity index (χ1v) is 7.44. The van der Waals surface area contributed by atoms with Gasteiger partial charge in [-0.15, -0.1) is 0 Å². The van der Waals surface area contributed by atoms with Crippen LogP contribution < -0.4 is 15.3 Å². The number of rotatable bonds is 3. The summed E-state index contributed by atoms with van der Waals surface area (Å²) in [7, 11) is 1.44. The predicted octanol–water partition coefficient (Wildman–Crippen LogP) is 3.07. The Morgan fingerprint density at radius 1 is 0.824 bits per heavy atom. The standard InChI is InChI=1S/C15H17OP/c1-12-4-8-14(9-5-12)17(3)15-10-6-13(16-2)7-11-15/h4-11H,1-3H3. The van der Waals surface area contributed by atoms with E-state index in [4.69, 9.17) is 4.74 Å². The first-order chi connectivity index (χ1) is 8.20. The molecule has 88 valence electrons. The summed E-state index contributed by atoms with van der Waals surface area (Å²) in [6.45, 7) is 4.41. The molecule has 0 aliphatic rings. The highest BCUT2D eigenvalue weighted by atomic mass is 31.1. The molecular formula is C15H17OP. The van der Waals surface area contributed by atoms with E-state index in [9.17, 15) is 0 Å². The van der Waals surface area contributed by atoms with Crippen LogP contribution in [0.4, 0.5) is 0 Å². The molecule has 0 radical (unpaired) electrons. The van der Waals surface area contributed by atoms with Gasteiger partial charge in [-0.05, 0) is 44.3 Å². The van der Waals surface area contributed by atoms with E-state index in [1.165, 1.54) is 16.2 Å². The lowest BCUT2D eigenvalue weighted by Crippen LogP contribution is -2.10. The Hall–Kier alpha value is -1.33. The summed E-state index contributed by atoms with van der Waals surface area (Å²) in [5.74, 6) is 0.918. The molecular weight excluding hydrogens is 227 g/mol. The van der Waals surface area contributed by atoms with Gasteiger partial charge >= 0.3 is 0 Å². The van der Waals surface area contributed by atoms with Crippen LogP contribution in [-0.2, 0) is 0 Å². The van der Waals surface area contributed by atoms with E-state index in [0.717, 1.165) is 5.75 Å². The molecule has 0 aliphatic carbocycles. The van der Waals surface area contributed by atoms with Crippen molar-refractivity contribution in [2.45, 2.75) is 6.92 Å². The highest BCUT2D eigenvalue weighted by Crippen LogP contribution is 2.29. The summed E-state index contributed by atoms with van der Waals surface area (Å²) in [6, 6.07) is 17.2. The van der Waals surface area contributed by atoms with Crippen LogP contribution in [0.15, 0.2) is 48.5 Å². The fourth-order valence-corrected chi connectivity index (χ4v) is 3.21. The topological polar surface area (TPSA) is 9.23 Å². The maximum Gasteiger partial charge on any atom is 0.118 e. The zero-order valence-corrected chi connectivity index (χ0v) is 11.4. The van der Waals surface area contributed by atoms with E-state index < -0.39 is 0 Å². The van der Waals surface area contributed by atoms with Crippen molar-refractivity contribution in [1.82, 2.24) is 0 Å². The molecule has 0 heterocycles. The number of methoxy groups -OCH3 is 1. The Labute approximate surface area is 104 Å².